The van der Waals surface area contributed by atoms with Crippen molar-refractivity contribution in [1.29, 1.82) is 0 Å². The van der Waals surface area contributed by atoms with Crippen molar-refractivity contribution in [1.82, 2.24) is 9.62 Å². The van der Waals surface area contributed by atoms with E-state index in [9.17, 15) is 13.2 Å². The van der Waals surface area contributed by atoms with Crippen molar-refractivity contribution in [3.8, 4) is 11.5 Å². The summed E-state index contributed by atoms with van der Waals surface area (Å²) in [5, 5.41) is 2.94. The lowest BCUT2D eigenvalue weighted by atomic mass is 10.1. The number of benzene rings is 2. The van der Waals surface area contributed by atoms with E-state index in [0.29, 0.717) is 26.1 Å². The Bertz CT molecular complexity index is 989. The first kappa shape index (κ1) is 23.4. The summed E-state index contributed by atoms with van der Waals surface area (Å²) in [7, 11) is -1.96. The fraction of sp³-hybridized carbons (Fsp3) is 0.409. The minimum atomic E-state index is -3.57. The van der Waals surface area contributed by atoms with Crippen LogP contribution in [-0.2, 0) is 21.2 Å². The van der Waals surface area contributed by atoms with Crippen molar-refractivity contribution in [2.45, 2.75) is 30.6 Å². The molecule has 1 N–H and O–H groups in total. The van der Waals surface area contributed by atoms with Gasteiger partial charge in [0.25, 0.3) is 5.91 Å². The van der Waals surface area contributed by atoms with E-state index in [4.69, 9.17) is 21.1 Å². The molecule has 0 unspecified atom stereocenters. The van der Waals surface area contributed by atoms with Gasteiger partial charge in [-0.25, -0.2) is 8.42 Å². The molecule has 0 spiro atoms. The molecule has 1 fully saturated rings. The minimum Gasteiger partial charge on any atom is -0.497 e. The molecule has 0 atom stereocenters. The summed E-state index contributed by atoms with van der Waals surface area (Å²) in [6, 6.07) is 12.0. The predicted molar refractivity (Wildman–Crippen MR) is 119 cm³/mol. The molecule has 168 valence electrons. The number of sulfonamides is 1. The van der Waals surface area contributed by atoms with Gasteiger partial charge in [-0.3, -0.25) is 4.79 Å². The first-order chi connectivity index (χ1) is 14.9. The van der Waals surface area contributed by atoms with E-state index in [2.05, 4.69) is 5.32 Å². The van der Waals surface area contributed by atoms with Crippen LogP contribution in [0.3, 0.4) is 0 Å². The fourth-order valence-corrected chi connectivity index (χ4v) is 5.19. The Balaban J connectivity index is 1.49. The summed E-state index contributed by atoms with van der Waals surface area (Å²) in [5.74, 6) is 0.770. The third kappa shape index (κ3) is 6.35. The second kappa shape index (κ2) is 10.8. The molecular formula is C22H27ClN2O5S. The molecule has 3 rings (SSSR count). The van der Waals surface area contributed by atoms with E-state index in [0.717, 1.165) is 30.6 Å². The number of carbonyl (C=O) groups is 1. The predicted octanol–water partition coefficient (Wildman–Crippen LogP) is 3.26. The first-order valence-corrected chi connectivity index (χ1v) is 12.0. The highest BCUT2D eigenvalue weighted by Crippen LogP contribution is 2.29. The smallest absolute Gasteiger partial charge is 0.257 e. The number of ether oxygens (including phenoxy) is 2. The lowest BCUT2D eigenvalue weighted by Gasteiger charge is -2.26. The van der Waals surface area contributed by atoms with Crippen molar-refractivity contribution in [3.05, 3.63) is 53.1 Å². The van der Waals surface area contributed by atoms with E-state index in [-0.39, 0.29) is 28.2 Å². The van der Waals surface area contributed by atoms with Gasteiger partial charge in [-0.2, -0.15) is 4.31 Å². The molecule has 0 bridgehead atoms. The van der Waals surface area contributed by atoms with Gasteiger partial charge in [0.1, 0.15) is 11.5 Å². The van der Waals surface area contributed by atoms with Gasteiger partial charge in [-0.15, -0.1) is 0 Å². The molecule has 31 heavy (non-hydrogen) atoms. The normalized spacial score (nSPS) is 14.8. The van der Waals surface area contributed by atoms with E-state index in [1.165, 1.54) is 22.5 Å². The average molecular weight is 467 g/mol. The van der Waals surface area contributed by atoms with E-state index >= 15 is 0 Å². The number of halogens is 1. The van der Waals surface area contributed by atoms with Crippen molar-refractivity contribution < 1.29 is 22.7 Å². The first-order valence-electron chi connectivity index (χ1n) is 10.2. The molecular weight excluding hydrogens is 440 g/mol. The van der Waals surface area contributed by atoms with E-state index < -0.39 is 10.0 Å². The molecule has 1 heterocycles. The molecule has 2 aromatic rings. The summed E-state index contributed by atoms with van der Waals surface area (Å²) in [6.45, 7) is 1.31. The highest BCUT2D eigenvalue weighted by molar-refractivity contribution is 7.89. The number of hydrogen-bond acceptors (Lipinski definition) is 5. The zero-order valence-electron chi connectivity index (χ0n) is 17.5. The van der Waals surface area contributed by atoms with Crippen LogP contribution >= 0.6 is 11.6 Å². The van der Waals surface area contributed by atoms with Crippen LogP contribution in [0.5, 0.6) is 11.5 Å². The van der Waals surface area contributed by atoms with E-state index in [1.54, 1.807) is 7.11 Å². The summed E-state index contributed by atoms with van der Waals surface area (Å²) in [5.41, 5.74) is 1.08. The Labute approximate surface area is 188 Å². The standard InChI is InChI=1S/C22H27ClN2O5S/c1-29-18-7-5-17(6-8-18)11-12-24-22(26)16-30-21-10-9-19(15-20(21)23)31(27,28)25-13-3-2-4-14-25/h5-10,15H,2-4,11-14,16H2,1H3,(H,24,26). The number of carbonyl (C=O) groups excluding carboxylic acids is 1. The fourth-order valence-electron chi connectivity index (χ4n) is 3.35. The van der Waals surface area contributed by atoms with Crippen LogP contribution in [0.15, 0.2) is 47.4 Å². The monoisotopic (exact) mass is 466 g/mol. The molecule has 0 radical (unpaired) electrons. The van der Waals surface area contributed by atoms with Gasteiger partial charge in [0, 0.05) is 19.6 Å². The topological polar surface area (TPSA) is 84.9 Å². The third-order valence-corrected chi connectivity index (χ3v) is 7.30. The van der Waals surface area contributed by atoms with Gasteiger partial charge in [-0.05, 0) is 55.2 Å². The lowest BCUT2D eigenvalue weighted by Crippen LogP contribution is -2.35. The van der Waals surface area contributed by atoms with Gasteiger partial charge in [0.05, 0.1) is 17.0 Å². The molecule has 1 saturated heterocycles. The number of methoxy groups -OCH3 is 1. The average Bonchev–Trinajstić information content (AvgIpc) is 2.79. The molecule has 0 saturated carbocycles. The maximum Gasteiger partial charge on any atom is 0.257 e. The molecule has 1 amide bonds. The van der Waals surface area contributed by atoms with Crippen LogP contribution in [0.25, 0.3) is 0 Å². The van der Waals surface area contributed by atoms with Crippen molar-refractivity contribution in [2.24, 2.45) is 0 Å². The number of hydrogen-bond donors (Lipinski definition) is 1. The van der Waals surface area contributed by atoms with Crippen molar-refractivity contribution in [2.75, 3.05) is 33.4 Å². The van der Waals surface area contributed by atoms with Crippen LogP contribution in [0.1, 0.15) is 24.8 Å². The Morgan fingerprint density at radius 2 is 1.81 bits per heavy atom. The van der Waals surface area contributed by atoms with Crippen molar-refractivity contribution in [3.63, 3.8) is 0 Å². The van der Waals surface area contributed by atoms with Crippen LogP contribution in [-0.4, -0.2) is 52.0 Å². The van der Waals surface area contributed by atoms with Crippen LogP contribution in [0.4, 0.5) is 0 Å². The summed E-state index contributed by atoms with van der Waals surface area (Å²) in [4.78, 5) is 12.2. The maximum absolute atomic E-state index is 12.7. The molecule has 2 aromatic carbocycles. The number of piperidine rings is 1. The molecule has 0 aliphatic carbocycles. The Morgan fingerprint density at radius 1 is 1.10 bits per heavy atom. The summed E-state index contributed by atoms with van der Waals surface area (Å²) < 4.78 is 37.6. The van der Waals surface area contributed by atoms with Crippen molar-refractivity contribution >= 4 is 27.5 Å². The number of nitrogens with zero attached hydrogens (tertiary/aromatic N) is 1. The minimum absolute atomic E-state index is 0.135. The van der Waals surface area contributed by atoms with Gasteiger partial charge in [0.2, 0.25) is 10.0 Å². The molecule has 7 nitrogen and oxygen atoms in total. The van der Waals surface area contributed by atoms with Gasteiger partial charge >= 0.3 is 0 Å². The molecule has 1 aliphatic rings. The summed E-state index contributed by atoms with van der Waals surface area (Å²) >= 11 is 6.22. The third-order valence-electron chi connectivity index (χ3n) is 5.11. The van der Waals surface area contributed by atoms with Crippen LogP contribution in [0.2, 0.25) is 5.02 Å². The highest BCUT2D eigenvalue weighted by Gasteiger charge is 2.26. The highest BCUT2D eigenvalue weighted by atomic mass is 35.5. The largest absolute Gasteiger partial charge is 0.497 e. The van der Waals surface area contributed by atoms with E-state index in [1.807, 2.05) is 24.3 Å². The number of amides is 1. The second-order valence-electron chi connectivity index (χ2n) is 7.29. The number of rotatable bonds is 9. The van der Waals surface area contributed by atoms with Crippen LogP contribution < -0.4 is 14.8 Å². The summed E-state index contributed by atoms with van der Waals surface area (Å²) in [6.07, 6.45) is 3.45. The van der Waals surface area contributed by atoms with Gasteiger partial charge < -0.3 is 14.8 Å². The van der Waals surface area contributed by atoms with Gasteiger partial charge in [-0.1, -0.05) is 30.2 Å². The molecule has 0 aromatic heterocycles. The SMILES string of the molecule is COc1ccc(CCNC(=O)COc2ccc(S(=O)(=O)N3CCCCC3)cc2Cl)cc1. The molecule has 1 aliphatic heterocycles. The van der Waals surface area contributed by atoms with Gasteiger partial charge in [0.15, 0.2) is 6.61 Å². The second-order valence-corrected chi connectivity index (χ2v) is 9.64. The Kier molecular flexibility index (Phi) is 8.17. The Hall–Kier alpha value is -2.29. The van der Waals surface area contributed by atoms with Crippen LogP contribution in [0, 0.1) is 0 Å². The zero-order chi connectivity index (χ0) is 22.3. The quantitative estimate of drug-likeness (QED) is 0.613. The lowest BCUT2D eigenvalue weighted by molar-refractivity contribution is -0.123. The molecule has 9 heteroatoms. The zero-order valence-corrected chi connectivity index (χ0v) is 19.0. The number of nitrogens with one attached hydrogen (secondary N) is 1. The Morgan fingerprint density at radius 3 is 2.45 bits per heavy atom. The maximum atomic E-state index is 12.7.